The second kappa shape index (κ2) is 5.75. The van der Waals surface area contributed by atoms with Gasteiger partial charge in [0.2, 0.25) is 5.88 Å². The van der Waals surface area contributed by atoms with Crippen LogP contribution >= 0.6 is 0 Å². The van der Waals surface area contributed by atoms with Gasteiger partial charge in [0, 0.05) is 19.2 Å². The van der Waals surface area contributed by atoms with E-state index in [4.69, 9.17) is 9.47 Å². The molecule has 0 unspecified atom stereocenters. The van der Waals surface area contributed by atoms with E-state index >= 15 is 0 Å². The van der Waals surface area contributed by atoms with E-state index < -0.39 is 0 Å². The van der Waals surface area contributed by atoms with Gasteiger partial charge in [0.05, 0.1) is 19.1 Å². The molecule has 1 amide bonds. The molecule has 0 spiro atoms. The molecule has 0 aliphatic carbocycles. The number of likely N-dealkylation sites (tertiary alicyclic amines) is 1. The van der Waals surface area contributed by atoms with Crippen molar-refractivity contribution in [3.05, 3.63) is 11.8 Å². The molecule has 3 heterocycles. The van der Waals surface area contributed by atoms with Crippen molar-refractivity contribution in [2.24, 2.45) is 5.92 Å². The Balaban J connectivity index is 1.58. The zero-order valence-electron chi connectivity index (χ0n) is 12.1. The van der Waals surface area contributed by atoms with Crippen LogP contribution in [0.4, 0.5) is 0 Å². The van der Waals surface area contributed by atoms with Gasteiger partial charge in [-0.15, -0.1) is 0 Å². The van der Waals surface area contributed by atoms with Gasteiger partial charge in [-0.1, -0.05) is 0 Å². The minimum Gasteiger partial charge on any atom is -0.476 e. The molecule has 21 heavy (non-hydrogen) atoms. The van der Waals surface area contributed by atoms with Gasteiger partial charge in [-0.05, 0) is 19.8 Å². The molecular weight excluding hydrogens is 274 g/mol. The van der Waals surface area contributed by atoms with E-state index in [2.05, 4.69) is 5.10 Å². The molecule has 0 bridgehead atoms. The fraction of sp³-hybridized carbons (Fsp3) is 0.643. The number of fused-ring (bicyclic) bond motifs is 1. The summed E-state index contributed by atoms with van der Waals surface area (Å²) in [4.78, 5) is 25.8. The topological polar surface area (TPSA) is 73.7 Å². The summed E-state index contributed by atoms with van der Waals surface area (Å²) in [5.74, 6) is 0.311. The first-order valence-electron chi connectivity index (χ1n) is 7.35. The minimum absolute atomic E-state index is 0.0932. The second-order valence-electron chi connectivity index (χ2n) is 5.26. The van der Waals surface area contributed by atoms with Gasteiger partial charge in [0.25, 0.3) is 5.91 Å². The number of hydrogen-bond acceptors (Lipinski definition) is 5. The van der Waals surface area contributed by atoms with Crippen LogP contribution in [0, 0.1) is 5.92 Å². The van der Waals surface area contributed by atoms with Crippen molar-refractivity contribution < 1.29 is 19.1 Å². The van der Waals surface area contributed by atoms with E-state index in [1.54, 1.807) is 22.6 Å². The summed E-state index contributed by atoms with van der Waals surface area (Å²) < 4.78 is 12.1. The quantitative estimate of drug-likeness (QED) is 0.767. The second-order valence-corrected chi connectivity index (χ2v) is 5.26. The van der Waals surface area contributed by atoms with Crippen LogP contribution in [0.3, 0.4) is 0 Å². The fourth-order valence-electron chi connectivity index (χ4n) is 2.76. The molecule has 1 aromatic heterocycles. The number of nitrogens with zero attached hydrogens (tertiary/aromatic N) is 3. The average Bonchev–Trinajstić information content (AvgIpc) is 3.08. The van der Waals surface area contributed by atoms with Crippen molar-refractivity contribution in [2.75, 3.05) is 26.3 Å². The predicted octanol–water partition coefficient (Wildman–Crippen LogP) is 0.691. The third-order valence-corrected chi connectivity index (χ3v) is 3.92. The molecule has 3 rings (SSSR count). The Kier molecular flexibility index (Phi) is 3.81. The van der Waals surface area contributed by atoms with Crippen LogP contribution in [0.5, 0.6) is 5.88 Å². The first-order valence-corrected chi connectivity index (χ1v) is 7.35. The summed E-state index contributed by atoms with van der Waals surface area (Å²) in [6.07, 6.45) is 1.29. The van der Waals surface area contributed by atoms with E-state index in [1.165, 1.54) is 0 Å². The Morgan fingerprint density at radius 3 is 2.81 bits per heavy atom. The smallest absolute Gasteiger partial charge is 0.309 e. The van der Waals surface area contributed by atoms with Gasteiger partial charge in [-0.2, -0.15) is 5.10 Å². The maximum atomic E-state index is 12.4. The monoisotopic (exact) mass is 293 g/mol. The highest BCUT2D eigenvalue weighted by Gasteiger charge is 2.30. The zero-order valence-corrected chi connectivity index (χ0v) is 12.1. The van der Waals surface area contributed by atoms with Crippen LogP contribution < -0.4 is 4.74 Å². The van der Waals surface area contributed by atoms with E-state index in [9.17, 15) is 9.59 Å². The summed E-state index contributed by atoms with van der Waals surface area (Å²) in [6, 6.07) is 1.69. The van der Waals surface area contributed by atoms with Gasteiger partial charge in [-0.3, -0.25) is 9.59 Å². The molecule has 114 valence electrons. The highest BCUT2D eigenvalue weighted by molar-refractivity contribution is 5.92. The standard InChI is InChI=1S/C14H19N3O4/c1-2-20-14(19)10-3-5-16(6-4-10)13(18)11-9-12-17(15-11)7-8-21-12/h9-10H,2-8H2,1H3. The lowest BCUT2D eigenvalue weighted by Crippen LogP contribution is -2.40. The van der Waals surface area contributed by atoms with Crippen molar-refractivity contribution in [1.29, 1.82) is 0 Å². The summed E-state index contributed by atoms with van der Waals surface area (Å²) in [7, 11) is 0. The lowest BCUT2D eigenvalue weighted by molar-refractivity contribution is -0.149. The zero-order chi connectivity index (χ0) is 14.8. The molecule has 7 nitrogen and oxygen atoms in total. The third kappa shape index (κ3) is 2.72. The van der Waals surface area contributed by atoms with Gasteiger partial charge >= 0.3 is 5.97 Å². The van der Waals surface area contributed by atoms with Gasteiger partial charge in [0.15, 0.2) is 5.69 Å². The Bertz CT molecular complexity index is 525. The molecule has 0 atom stereocenters. The molecule has 7 heteroatoms. The Hall–Kier alpha value is -2.05. The predicted molar refractivity (Wildman–Crippen MR) is 73.0 cm³/mol. The van der Waals surface area contributed by atoms with Crippen LogP contribution in [0.1, 0.15) is 30.3 Å². The number of amides is 1. The number of esters is 1. The minimum atomic E-state index is -0.154. The summed E-state index contributed by atoms with van der Waals surface area (Å²) in [6.45, 7) is 4.63. The number of aromatic nitrogens is 2. The molecule has 0 radical (unpaired) electrons. The Morgan fingerprint density at radius 2 is 2.14 bits per heavy atom. The normalized spacial score (nSPS) is 18.2. The maximum absolute atomic E-state index is 12.4. The largest absolute Gasteiger partial charge is 0.476 e. The van der Waals surface area contributed by atoms with Crippen LogP contribution in [0.2, 0.25) is 0 Å². The molecule has 0 N–H and O–H groups in total. The number of carbonyl (C=O) groups is 2. The van der Waals surface area contributed by atoms with Gasteiger partial charge in [0.1, 0.15) is 6.61 Å². The van der Waals surface area contributed by atoms with Crippen LogP contribution in [0.15, 0.2) is 6.07 Å². The van der Waals surface area contributed by atoms with Crippen molar-refractivity contribution >= 4 is 11.9 Å². The number of piperidine rings is 1. The van der Waals surface area contributed by atoms with E-state index in [0.717, 1.165) is 0 Å². The summed E-state index contributed by atoms with van der Waals surface area (Å²) in [5.41, 5.74) is 0.416. The van der Waals surface area contributed by atoms with Gasteiger partial charge < -0.3 is 14.4 Å². The summed E-state index contributed by atoms with van der Waals surface area (Å²) >= 11 is 0. The van der Waals surface area contributed by atoms with Crippen molar-refractivity contribution in [1.82, 2.24) is 14.7 Å². The number of ether oxygens (including phenoxy) is 2. The van der Waals surface area contributed by atoms with Crippen LogP contribution in [0.25, 0.3) is 0 Å². The van der Waals surface area contributed by atoms with Crippen molar-refractivity contribution in [2.45, 2.75) is 26.3 Å². The molecule has 2 aliphatic heterocycles. The fourth-order valence-corrected chi connectivity index (χ4v) is 2.76. The number of carbonyl (C=O) groups excluding carboxylic acids is 2. The Labute approximate surface area is 122 Å². The highest BCUT2D eigenvalue weighted by atomic mass is 16.5. The van der Waals surface area contributed by atoms with Crippen molar-refractivity contribution in [3.8, 4) is 5.88 Å². The average molecular weight is 293 g/mol. The summed E-state index contributed by atoms with van der Waals surface area (Å²) in [5, 5.41) is 4.26. The molecule has 1 saturated heterocycles. The van der Waals surface area contributed by atoms with E-state index in [0.29, 0.717) is 57.3 Å². The lowest BCUT2D eigenvalue weighted by atomic mass is 9.97. The molecule has 0 aromatic carbocycles. The van der Waals surface area contributed by atoms with E-state index in [1.807, 2.05) is 0 Å². The molecule has 0 saturated carbocycles. The van der Waals surface area contributed by atoms with E-state index in [-0.39, 0.29) is 17.8 Å². The molecule has 2 aliphatic rings. The first-order chi connectivity index (χ1) is 10.2. The lowest BCUT2D eigenvalue weighted by Gasteiger charge is -2.30. The Morgan fingerprint density at radius 1 is 1.38 bits per heavy atom. The maximum Gasteiger partial charge on any atom is 0.309 e. The first kappa shape index (κ1) is 13.9. The molecular formula is C14H19N3O4. The number of hydrogen-bond donors (Lipinski definition) is 0. The SMILES string of the molecule is CCOC(=O)C1CCN(C(=O)c2cc3n(n2)CCO3)CC1. The molecule has 1 aromatic rings. The third-order valence-electron chi connectivity index (χ3n) is 3.92. The number of rotatable bonds is 3. The molecule has 1 fully saturated rings. The van der Waals surface area contributed by atoms with Crippen LogP contribution in [-0.4, -0.2) is 52.9 Å². The van der Waals surface area contributed by atoms with Crippen molar-refractivity contribution in [3.63, 3.8) is 0 Å². The highest BCUT2D eigenvalue weighted by Crippen LogP contribution is 2.23. The van der Waals surface area contributed by atoms with Crippen LogP contribution in [-0.2, 0) is 16.1 Å². The van der Waals surface area contributed by atoms with Gasteiger partial charge in [-0.25, -0.2) is 4.68 Å².